The maximum absolute atomic E-state index is 12.3. The van der Waals surface area contributed by atoms with Crippen LogP contribution in [0.3, 0.4) is 0 Å². The van der Waals surface area contributed by atoms with E-state index in [9.17, 15) is 14.2 Å². The molecule has 0 saturated carbocycles. The molecule has 0 bridgehead atoms. The molecule has 1 aliphatic rings. The predicted molar refractivity (Wildman–Crippen MR) is 87.3 cm³/mol. The van der Waals surface area contributed by atoms with Crippen molar-refractivity contribution in [2.45, 2.75) is 25.2 Å². The zero-order chi connectivity index (χ0) is 16.1. The Kier molecular flexibility index (Phi) is 6.06. The van der Waals surface area contributed by atoms with Crippen molar-refractivity contribution in [1.82, 2.24) is 9.99 Å². The molecular formula is C14H19N2O4PS. The van der Waals surface area contributed by atoms with E-state index in [1.807, 2.05) is 30.3 Å². The molecule has 2 N–H and O–H groups in total. The average molecular weight is 342 g/mol. The minimum atomic E-state index is -2.15. The Morgan fingerprint density at radius 3 is 2.77 bits per heavy atom. The van der Waals surface area contributed by atoms with Gasteiger partial charge in [0.2, 0.25) is 5.91 Å². The fourth-order valence-electron chi connectivity index (χ4n) is 2.25. The highest BCUT2D eigenvalue weighted by Crippen LogP contribution is 2.25. The predicted octanol–water partition coefficient (Wildman–Crippen LogP) is 1.63. The summed E-state index contributed by atoms with van der Waals surface area (Å²) >= 11 is 1.41. The molecule has 1 aromatic carbocycles. The Hall–Kier alpha value is -1.30. The monoisotopic (exact) mass is 342 g/mol. The van der Waals surface area contributed by atoms with E-state index in [4.69, 9.17) is 5.11 Å². The summed E-state index contributed by atoms with van der Waals surface area (Å²) in [5, 5.41) is 11.9. The Balaban J connectivity index is 1.91. The number of hydrogen-bond donors (Lipinski definition) is 2. The van der Waals surface area contributed by atoms with E-state index < -0.39 is 26.0 Å². The highest BCUT2D eigenvalue weighted by atomic mass is 32.2. The number of nitrogens with zero attached hydrogens (tertiary/aromatic N) is 1. The lowest BCUT2D eigenvalue weighted by atomic mass is 10.2. The van der Waals surface area contributed by atoms with E-state index in [-0.39, 0.29) is 5.91 Å². The minimum Gasteiger partial charge on any atom is -0.480 e. The van der Waals surface area contributed by atoms with E-state index in [2.05, 4.69) is 5.09 Å². The summed E-state index contributed by atoms with van der Waals surface area (Å²) in [5.41, 5.74) is 0.943. The molecule has 2 rings (SSSR count). The molecule has 6 nitrogen and oxygen atoms in total. The van der Waals surface area contributed by atoms with Gasteiger partial charge in [-0.1, -0.05) is 30.3 Å². The smallest absolute Gasteiger partial charge is 0.327 e. The Morgan fingerprint density at radius 2 is 2.14 bits per heavy atom. The molecule has 22 heavy (non-hydrogen) atoms. The quantitative estimate of drug-likeness (QED) is 0.764. The summed E-state index contributed by atoms with van der Waals surface area (Å²) in [6.45, 7) is 1.62. The topological polar surface area (TPSA) is 86.7 Å². The zero-order valence-electron chi connectivity index (χ0n) is 12.2. The molecule has 1 aromatic rings. The second-order valence-electron chi connectivity index (χ2n) is 5.11. The lowest BCUT2D eigenvalue weighted by molar-refractivity contribution is -0.148. The van der Waals surface area contributed by atoms with Crippen LogP contribution < -0.4 is 5.09 Å². The van der Waals surface area contributed by atoms with Crippen LogP contribution in [0.25, 0.3) is 0 Å². The maximum atomic E-state index is 12.3. The van der Waals surface area contributed by atoms with Crippen LogP contribution in [0.15, 0.2) is 30.3 Å². The van der Waals surface area contributed by atoms with Crippen molar-refractivity contribution in [2.24, 2.45) is 0 Å². The molecule has 1 saturated heterocycles. The van der Waals surface area contributed by atoms with Gasteiger partial charge >= 0.3 is 5.97 Å². The third-order valence-corrected chi connectivity index (χ3v) is 5.90. The Labute approximate surface area is 134 Å². The second-order valence-corrected chi connectivity index (χ2v) is 7.60. The molecule has 0 aromatic heterocycles. The van der Waals surface area contributed by atoms with Crippen molar-refractivity contribution in [3.8, 4) is 0 Å². The van der Waals surface area contributed by atoms with Crippen LogP contribution >= 0.6 is 19.7 Å². The number of thioether (sulfide) groups is 1. The van der Waals surface area contributed by atoms with Crippen molar-refractivity contribution in [3.05, 3.63) is 35.9 Å². The lowest BCUT2D eigenvalue weighted by Crippen LogP contribution is -2.48. The molecule has 1 fully saturated rings. The number of aliphatic carboxylic acids is 1. The number of nitrogens with one attached hydrogen (secondary N) is 1. The highest BCUT2D eigenvalue weighted by Gasteiger charge is 2.36. The van der Waals surface area contributed by atoms with Crippen LogP contribution in [0, 0.1) is 0 Å². The molecule has 2 unspecified atom stereocenters. The molecule has 1 amide bonds. The van der Waals surface area contributed by atoms with Gasteiger partial charge in [-0.2, -0.15) is 0 Å². The van der Waals surface area contributed by atoms with Crippen LogP contribution in [-0.4, -0.2) is 45.6 Å². The van der Waals surface area contributed by atoms with E-state index in [0.717, 1.165) is 5.56 Å². The van der Waals surface area contributed by atoms with Crippen LogP contribution in [-0.2, 0) is 20.3 Å². The van der Waals surface area contributed by atoms with Crippen LogP contribution in [0.5, 0.6) is 0 Å². The first-order valence-electron chi connectivity index (χ1n) is 6.93. The van der Waals surface area contributed by atoms with Crippen LogP contribution in [0.2, 0.25) is 0 Å². The standard InChI is InChI=1S/C14H19N2O4PS/c1-10(13(17)16-9-22-8-12(16)14(18)19)15-21(20)7-11-5-3-2-4-6-11/h2-6,10,12,21H,7-9H2,1H3,(H,15,20)(H,18,19)/t10-,12?/m0/s1. The third kappa shape index (κ3) is 4.35. The second kappa shape index (κ2) is 7.81. The first-order valence-corrected chi connectivity index (χ1v) is 9.70. The number of carboxylic acid groups (broad SMARTS) is 1. The van der Waals surface area contributed by atoms with E-state index in [0.29, 0.717) is 17.8 Å². The molecule has 0 spiro atoms. The van der Waals surface area contributed by atoms with Gasteiger partial charge in [0.15, 0.2) is 0 Å². The average Bonchev–Trinajstić information content (AvgIpc) is 2.96. The first-order chi connectivity index (χ1) is 10.5. The van der Waals surface area contributed by atoms with Crippen molar-refractivity contribution < 1.29 is 19.3 Å². The molecular weight excluding hydrogens is 323 g/mol. The minimum absolute atomic E-state index is 0.316. The van der Waals surface area contributed by atoms with Gasteiger partial charge in [0.05, 0.1) is 11.9 Å². The number of rotatable bonds is 6. The van der Waals surface area contributed by atoms with Gasteiger partial charge in [-0.25, -0.2) is 4.79 Å². The summed E-state index contributed by atoms with van der Waals surface area (Å²) in [6.07, 6.45) is 0.375. The highest BCUT2D eigenvalue weighted by molar-refractivity contribution is 7.99. The first kappa shape index (κ1) is 17.1. The van der Waals surface area contributed by atoms with Gasteiger partial charge in [0.1, 0.15) is 14.0 Å². The summed E-state index contributed by atoms with van der Waals surface area (Å²) in [5.74, 6) is -0.555. The lowest BCUT2D eigenvalue weighted by Gasteiger charge is -2.24. The summed E-state index contributed by atoms with van der Waals surface area (Å²) in [6, 6.07) is 7.95. The fourth-order valence-corrected chi connectivity index (χ4v) is 4.72. The maximum Gasteiger partial charge on any atom is 0.327 e. The fraction of sp³-hybridized carbons (Fsp3) is 0.429. The molecule has 8 heteroatoms. The van der Waals surface area contributed by atoms with E-state index in [1.54, 1.807) is 6.92 Å². The van der Waals surface area contributed by atoms with Gasteiger partial charge in [-0.15, -0.1) is 11.8 Å². The van der Waals surface area contributed by atoms with Crippen molar-refractivity contribution in [2.75, 3.05) is 11.6 Å². The molecule has 0 radical (unpaired) electrons. The number of carbonyl (C=O) groups excluding carboxylic acids is 1. The Morgan fingerprint density at radius 1 is 1.45 bits per heavy atom. The van der Waals surface area contributed by atoms with Crippen LogP contribution in [0.4, 0.5) is 0 Å². The van der Waals surface area contributed by atoms with Gasteiger partial charge in [-0.05, 0) is 12.5 Å². The number of hydrogen-bond acceptors (Lipinski definition) is 4. The van der Waals surface area contributed by atoms with Gasteiger partial charge in [0.25, 0.3) is 0 Å². The summed E-state index contributed by atoms with van der Waals surface area (Å²) in [7, 11) is -2.15. The summed E-state index contributed by atoms with van der Waals surface area (Å²) < 4.78 is 12.1. The SMILES string of the molecule is C[C@H](N[PH](=O)Cc1ccccc1)C(=O)N1CSCC1C(=O)O. The number of benzene rings is 1. The summed E-state index contributed by atoms with van der Waals surface area (Å²) in [4.78, 5) is 24.8. The number of carbonyl (C=O) groups is 2. The number of amides is 1. The van der Waals surface area contributed by atoms with Crippen molar-refractivity contribution >= 4 is 31.6 Å². The number of carboxylic acids is 1. The molecule has 0 aliphatic carbocycles. The van der Waals surface area contributed by atoms with E-state index in [1.165, 1.54) is 16.7 Å². The molecule has 1 aliphatic heterocycles. The molecule has 120 valence electrons. The molecule has 1 heterocycles. The van der Waals surface area contributed by atoms with Crippen molar-refractivity contribution in [3.63, 3.8) is 0 Å². The van der Waals surface area contributed by atoms with E-state index >= 15 is 0 Å². The van der Waals surface area contributed by atoms with Gasteiger partial charge in [0, 0.05) is 11.9 Å². The zero-order valence-corrected chi connectivity index (χ0v) is 14.0. The largest absolute Gasteiger partial charge is 0.480 e. The normalized spacial score (nSPS) is 20.6. The molecule has 3 atom stereocenters. The van der Waals surface area contributed by atoms with Gasteiger partial charge in [-0.3, -0.25) is 9.88 Å². The van der Waals surface area contributed by atoms with Crippen LogP contribution in [0.1, 0.15) is 12.5 Å². The van der Waals surface area contributed by atoms with Gasteiger partial charge < -0.3 is 14.6 Å². The Bertz CT molecular complexity index is 569. The third-order valence-electron chi connectivity index (χ3n) is 3.41. The van der Waals surface area contributed by atoms with Crippen molar-refractivity contribution in [1.29, 1.82) is 0 Å².